The number of hydrogen-bond donors (Lipinski definition) is 2. The van der Waals surface area contributed by atoms with Gasteiger partial charge in [0.15, 0.2) is 0 Å². The molecule has 0 spiro atoms. The van der Waals surface area contributed by atoms with Crippen molar-refractivity contribution < 1.29 is 9.59 Å². The van der Waals surface area contributed by atoms with E-state index in [-0.39, 0.29) is 11.8 Å². The molecule has 1 aliphatic carbocycles. The van der Waals surface area contributed by atoms with Gasteiger partial charge in [0, 0.05) is 11.4 Å². The van der Waals surface area contributed by atoms with Crippen LogP contribution in [-0.2, 0) is 24.2 Å². The van der Waals surface area contributed by atoms with E-state index in [2.05, 4.69) is 22.5 Å². The zero-order valence-corrected chi connectivity index (χ0v) is 18.5. The van der Waals surface area contributed by atoms with Crippen molar-refractivity contribution in [3.63, 3.8) is 0 Å². The number of amides is 2. The Morgan fingerprint density at radius 1 is 1.10 bits per heavy atom. The number of anilines is 1. The Morgan fingerprint density at radius 3 is 2.60 bits per heavy atom. The fourth-order valence-corrected chi connectivity index (χ4v) is 5.65. The molecule has 1 fully saturated rings. The lowest BCUT2D eigenvalue weighted by atomic mass is 9.95. The van der Waals surface area contributed by atoms with E-state index in [0.717, 1.165) is 73.7 Å². The van der Waals surface area contributed by atoms with Gasteiger partial charge >= 0.3 is 0 Å². The summed E-state index contributed by atoms with van der Waals surface area (Å²) >= 11 is 1.59. The fraction of sp³-hybridized carbons (Fsp3) is 0.500. The van der Waals surface area contributed by atoms with Crippen LogP contribution in [0.1, 0.15) is 59.0 Å². The number of nitrogens with one attached hydrogen (secondary N) is 2. The molecule has 2 aromatic rings. The molecule has 0 unspecified atom stereocenters. The van der Waals surface area contributed by atoms with Crippen LogP contribution < -0.4 is 10.6 Å². The minimum atomic E-state index is -0.0830. The summed E-state index contributed by atoms with van der Waals surface area (Å²) in [5.41, 5.74) is 2.89. The molecular formula is C24H31N3O2S. The Balaban J connectivity index is 1.46. The lowest BCUT2D eigenvalue weighted by Gasteiger charge is -2.29. The summed E-state index contributed by atoms with van der Waals surface area (Å²) in [4.78, 5) is 29.3. The smallest absolute Gasteiger partial charge is 0.254 e. The summed E-state index contributed by atoms with van der Waals surface area (Å²) in [6.45, 7) is 5.11. The number of likely N-dealkylation sites (tertiary alicyclic amines) is 1. The highest BCUT2D eigenvalue weighted by molar-refractivity contribution is 7.17. The van der Waals surface area contributed by atoms with Gasteiger partial charge in [-0.15, -0.1) is 11.3 Å². The van der Waals surface area contributed by atoms with E-state index < -0.39 is 0 Å². The van der Waals surface area contributed by atoms with Gasteiger partial charge in [0.25, 0.3) is 5.91 Å². The third kappa shape index (κ3) is 5.10. The zero-order valence-electron chi connectivity index (χ0n) is 17.7. The molecular weight excluding hydrogens is 394 g/mol. The molecule has 160 valence electrons. The standard InChI is InChI=1S/C24H31N3O2S/c1-17-11-13-27(14-12-17)16-21(28)26-24-22(19-9-5-6-10-20(19)30-24)23(29)25-15-18-7-3-2-4-8-18/h2-4,7-8,17H,5-6,9-16H2,1H3,(H,25,29)(H,26,28). The van der Waals surface area contributed by atoms with Crippen LogP contribution in [0.15, 0.2) is 30.3 Å². The monoisotopic (exact) mass is 425 g/mol. The number of piperidine rings is 1. The van der Waals surface area contributed by atoms with Crippen molar-refractivity contribution >= 4 is 28.2 Å². The second-order valence-electron chi connectivity index (χ2n) is 8.59. The first-order chi connectivity index (χ1) is 14.6. The van der Waals surface area contributed by atoms with Crippen LogP contribution >= 0.6 is 11.3 Å². The van der Waals surface area contributed by atoms with Gasteiger partial charge in [0.1, 0.15) is 5.00 Å². The number of fused-ring (bicyclic) bond motifs is 1. The predicted molar refractivity (Wildman–Crippen MR) is 122 cm³/mol. The van der Waals surface area contributed by atoms with Gasteiger partial charge in [-0.1, -0.05) is 37.3 Å². The van der Waals surface area contributed by atoms with Crippen LogP contribution in [0.4, 0.5) is 5.00 Å². The molecule has 0 atom stereocenters. The first-order valence-electron chi connectivity index (χ1n) is 11.1. The molecule has 2 aliphatic rings. The van der Waals surface area contributed by atoms with Crippen molar-refractivity contribution in [2.45, 2.75) is 52.0 Å². The number of benzene rings is 1. The third-order valence-corrected chi connectivity index (χ3v) is 7.40. The Labute approximate surface area is 182 Å². The normalized spacial score (nSPS) is 17.4. The highest BCUT2D eigenvalue weighted by Gasteiger charge is 2.27. The van der Waals surface area contributed by atoms with E-state index in [1.54, 1.807) is 11.3 Å². The van der Waals surface area contributed by atoms with Gasteiger partial charge in [-0.25, -0.2) is 0 Å². The summed E-state index contributed by atoms with van der Waals surface area (Å²) < 4.78 is 0. The van der Waals surface area contributed by atoms with Crippen LogP contribution in [0.3, 0.4) is 0 Å². The second-order valence-corrected chi connectivity index (χ2v) is 9.70. The number of carbonyl (C=O) groups is 2. The third-order valence-electron chi connectivity index (χ3n) is 6.19. The molecule has 1 aromatic carbocycles. The van der Waals surface area contributed by atoms with Crippen LogP contribution in [0.2, 0.25) is 0 Å². The molecule has 1 saturated heterocycles. The van der Waals surface area contributed by atoms with Gasteiger partial charge in [0.2, 0.25) is 5.91 Å². The van der Waals surface area contributed by atoms with E-state index in [9.17, 15) is 9.59 Å². The molecule has 5 nitrogen and oxygen atoms in total. The molecule has 0 bridgehead atoms. The van der Waals surface area contributed by atoms with Gasteiger partial charge < -0.3 is 10.6 Å². The molecule has 2 amide bonds. The van der Waals surface area contributed by atoms with E-state index >= 15 is 0 Å². The van der Waals surface area contributed by atoms with Crippen molar-refractivity contribution in [2.24, 2.45) is 5.92 Å². The molecule has 0 radical (unpaired) electrons. The predicted octanol–water partition coefficient (Wildman–Crippen LogP) is 4.23. The number of rotatable bonds is 6. The van der Waals surface area contributed by atoms with E-state index in [1.165, 1.54) is 4.88 Å². The Hall–Kier alpha value is -2.18. The van der Waals surface area contributed by atoms with Crippen LogP contribution in [0.25, 0.3) is 0 Å². The number of nitrogens with zero attached hydrogens (tertiary/aromatic N) is 1. The van der Waals surface area contributed by atoms with Crippen LogP contribution in [0.5, 0.6) is 0 Å². The minimum absolute atomic E-state index is 0.0136. The van der Waals surface area contributed by atoms with Crippen molar-refractivity contribution in [3.05, 3.63) is 51.9 Å². The molecule has 2 N–H and O–H groups in total. The average molecular weight is 426 g/mol. The SMILES string of the molecule is CC1CCN(CC(=O)Nc2sc3c(c2C(=O)NCc2ccccc2)CCCC3)CC1. The molecule has 6 heteroatoms. The van der Waals surface area contributed by atoms with E-state index in [0.29, 0.717) is 18.7 Å². The van der Waals surface area contributed by atoms with E-state index in [4.69, 9.17) is 0 Å². The van der Waals surface area contributed by atoms with Gasteiger partial charge in [-0.3, -0.25) is 14.5 Å². The fourth-order valence-electron chi connectivity index (χ4n) is 4.35. The van der Waals surface area contributed by atoms with Crippen molar-refractivity contribution in [1.29, 1.82) is 0 Å². The summed E-state index contributed by atoms with van der Waals surface area (Å²) in [6, 6.07) is 9.93. The molecule has 1 aliphatic heterocycles. The molecule has 1 aromatic heterocycles. The van der Waals surface area contributed by atoms with Gasteiger partial charge in [-0.05, 0) is 68.7 Å². The number of hydrogen-bond acceptors (Lipinski definition) is 4. The summed E-state index contributed by atoms with van der Waals surface area (Å²) in [5, 5.41) is 6.86. The summed E-state index contributed by atoms with van der Waals surface area (Å²) in [6.07, 6.45) is 6.46. The quantitative estimate of drug-likeness (QED) is 0.728. The largest absolute Gasteiger partial charge is 0.348 e. The molecule has 4 rings (SSSR count). The molecule has 30 heavy (non-hydrogen) atoms. The Bertz CT molecular complexity index is 885. The number of aryl methyl sites for hydroxylation is 1. The van der Waals surface area contributed by atoms with Gasteiger partial charge in [-0.2, -0.15) is 0 Å². The van der Waals surface area contributed by atoms with Crippen molar-refractivity contribution in [1.82, 2.24) is 10.2 Å². The average Bonchev–Trinajstić information content (AvgIpc) is 3.12. The first kappa shape index (κ1) is 21.1. The summed E-state index contributed by atoms with van der Waals surface area (Å²) in [7, 11) is 0. The maximum atomic E-state index is 13.1. The highest BCUT2D eigenvalue weighted by Crippen LogP contribution is 2.38. The molecule has 0 saturated carbocycles. The van der Waals surface area contributed by atoms with Crippen molar-refractivity contribution in [2.75, 3.05) is 25.0 Å². The summed E-state index contributed by atoms with van der Waals surface area (Å²) in [5.74, 6) is 0.647. The Kier molecular flexibility index (Phi) is 6.85. The van der Waals surface area contributed by atoms with E-state index in [1.807, 2.05) is 30.3 Å². The highest BCUT2D eigenvalue weighted by atomic mass is 32.1. The molecule has 2 heterocycles. The maximum absolute atomic E-state index is 13.1. The second kappa shape index (κ2) is 9.75. The van der Waals surface area contributed by atoms with Crippen molar-refractivity contribution in [3.8, 4) is 0 Å². The number of carbonyl (C=O) groups excluding carboxylic acids is 2. The lowest BCUT2D eigenvalue weighted by molar-refractivity contribution is -0.117. The topological polar surface area (TPSA) is 61.4 Å². The van der Waals surface area contributed by atoms with Gasteiger partial charge in [0.05, 0.1) is 12.1 Å². The maximum Gasteiger partial charge on any atom is 0.254 e. The lowest BCUT2D eigenvalue weighted by Crippen LogP contribution is -2.38. The van der Waals surface area contributed by atoms with Crippen LogP contribution in [-0.4, -0.2) is 36.3 Å². The number of thiophene rings is 1. The first-order valence-corrected chi connectivity index (χ1v) is 11.9. The minimum Gasteiger partial charge on any atom is -0.348 e. The Morgan fingerprint density at radius 2 is 1.83 bits per heavy atom. The zero-order chi connectivity index (χ0) is 20.9. The van der Waals surface area contributed by atoms with Crippen LogP contribution in [0, 0.1) is 5.92 Å².